The summed E-state index contributed by atoms with van der Waals surface area (Å²) in [6.07, 6.45) is 14.0. The Bertz CT molecular complexity index is 416. The molecule has 4 rings (SSSR count). The van der Waals surface area contributed by atoms with Gasteiger partial charge in [0.1, 0.15) is 0 Å². The van der Waals surface area contributed by atoms with Gasteiger partial charge in [0.05, 0.1) is 0 Å². The fraction of sp³-hybridized carbons (Fsp3) is 0.947. The van der Waals surface area contributed by atoms with E-state index in [4.69, 9.17) is 5.73 Å². The molecule has 0 aromatic heterocycles. The van der Waals surface area contributed by atoms with Gasteiger partial charge in [0.15, 0.2) is 0 Å². The van der Waals surface area contributed by atoms with Gasteiger partial charge in [-0.05, 0) is 68.6 Å². The third-order valence-electron chi connectivity index (χ3n) is 7.42. The maximum atomic E-state index is 12.7. The Morgan fingerprint density at radius 3 is 2.09 bits per heavy atom. The first kappa shape index (κ1) is 17.5. The summed E-state index contributed by atoms with van der Waals surface area (Å²) in [4.78, 5) is 12.7. The highest BCUT2D eigenvalue weighted by atomic mass is 35.5. The average Bonchev–Trinajstić information content (AvgIpc) is 2.94. The minimum absolute atomic E-state index is 0. The second kappa shape index (κ2) is 7.31. The number of hydrogen-bond donors (Lipinski definition) is 2. The molecular weight excluding hydrogens is 308 g/mol. The normalized spacial score (nSPS) is 45.7. The number of nitrogens with one attached hydrogen (secondary N) is 1. The number of amides is 1. The Balaban J connectivity index is 0.00000156. The standard InChI is InChI=1S/C19H32N2O.ClH/c20-18-14-5-2-6-15(18)10-16(9-14)19(22)21-17-8-7-12-3-1-4-13(12)11-17;/h12-18H,1-11,20H2,(H,21,22);1H. The van der Waals surface area contributed by atoms with Gasteiger partial charge in [0.25, 0.3) is 0 Å². The first-order chi connectivity index (χ1) is 10.7. The van der Waals surface area contributed by atoms with Crippen molar-refractivity contribution in [1.82, 2.24) is 5.32 Å². The highest BCUT2D eigenvalue weighted by Crippen LogP contribution is 2.43. The van der Waals surface area contributed by atoms with E-state index in [0.29, 0.717) is 29.8 Å². The number of nitrogens with two attached hydrogens (primary N) is 1. The summed E-state index contributed by atoms with van der Waals surface area (Å²) in [5, 5.41) is 3.43. The van der Waals surface area contributed by atoms with E-state index in [2.05, 4.69) is 5.32 Å². The molecule has 5 atom stereocenters. The van der Waals surface area contributed by atoms with E-state index < -0.39 is 0 Å². The minimum Gasteiger partial charge on any atom is -0.353 e. The molecule has 23 heavy (non-hydrogen) atoms. The fourth-order valence-electron chi connectivity index (χ4n) is 6.16. The lowest BCUT2D eigenvalue weighted by atomic mass is 9.65. The van der Waals surface area contributed by atoms with Crippen molar-refractivity contribution in [2.75, 3.05) is 0 Å². The van der Waals surface area contributed by atoms with Gasteiger partial charge in [-0.15, -0.1) is 12.4 Å². The molecule has 4 heteroatoms. The van der Waals surface area contributed by atoms with Crippen LogP contribution in [-0.2, 0) is 4.79 Å². The highest BCUT2D eigenvalue weighted by Gasteiger charge is 2.41. The molecule has 5 unspecified atom stereocenters. The summed E-state index contributed by atoms with van der Waals surface area (Å²) < 4.78 is 0. The van der Waals surface area contributed by atoms with Crippen LogP contribution in [0.2, 0.25) is 0 Å². The van der Waals surface area contributed by atoms with Crippen molar-refractivity contribution in [2.45, 2.75) is 82.7 Å². The smallest absolute Gasteiger partial charge is 0.223 e. The third-order valence-corrected chi connectivity index (χ3v) is 7.42. The van der Waals surface area contributed by atoms with Crippen LogP contribution in [0, 0.1) is 29.6 Å². The monoisotopic (exact) mass is 340 g/mol. The molecule has 4 fully saturated rings. The van der Waals surface area contributed by atoms with Crippen LogP contribution in [0.1, 0.15) is 70.6 Å². The van der Waals surface area contributed by atoms with Gasteiger partial charge < -0.3 is 11.1 Å². The molecule has 3 N–H and O–H groups in total. The van der Waals surface area contributed by atoms with Crippen LogP contribution in [0.4, 0.5) is 0 Å². The Hall–Kier alpha value is -0.280. The van der Waals surface area contributed by atoms with Crippen molar-refractivity contribution in [3.8, 4) is 0 Å². The molecule has 0 saturated heterocycles. The van der Waals surface area contributed by atoms with E-state index in [-0.39, 0.29) is 18.3 Å². The van der Waals surface area contributed by atoms with Crippen molar-refractivity contribution >= 4 is 18.3 Å². The first-order valence-corrected chi connectivity index (χ1v) is 9.76. The van der Waals surface area contributed by atoms with Gasteiger partial charge in [-0.1, -0.05) is 25.7 Å². The largest absolute Gasteiger partial charge is 0.353 e. The quantitative estimate of drug-likeness (QED) is 0.806. The van der Waals surface area contributed by atoms with Gasteiger partial charge in [-0.25, -0.2) is 0 Å². The molecule has 4 aliphatic carbocycles. The van der Waals surface area contributed by atoms with E-state index in [9.17, 15) is 4.79 Å². The van der Waals surface area contributed by atoms with Crippen LogP contribution >= 0.6 is 12.4 Å². The summed E-state index contributed by atoms with van der Waals surface area (Å²) in [7, 11) is 0. The van der Waals surface area contributed by atoms with Crippen LogP contribution in [0.25, 0.3) is 0 Å². The summed E-state index contributed by atoms with van der Waals surface area (Å²) in [6, 6.07) is 0.828. The maximum absolute atomic E-state index is 12.7. The van der Waals surface area contributed by atoms with E-state index in [1.165, 1.54) is 57.8 Å². The number of halogens is 1. The second-order valence-corrected chi connectivity index (χ2v) is 8.67. The lowest BCUT2D eigenvalue weighted by Crippen LogP contribution is -2.50. The van der Waals surface area contributed by atoms with E-state index >= 15 is 0 Å². The Morgan fingerprint density at radius 1 is 0.783 bits per heavy atom. The van der Waals surface area contributed by atoms with Gasteiger partial charge in [0.2, 0.25) is 5.91 Å². The Morgan fingerprint density at radius 2 is 1.39 bits per heavy atom. The molecule has 1 amide bonds. The number of rotatable bonds is 2. The zero-order valence-electron chi connectivity index (χ0n) is 14.2. The van der Waals surface area contributed by atoms with Crippen LogP contribution in [-0.4, -0.2) is 18.0 Å². The Kier molecular flexibility index (Phi) is 5.57. The van der Waals surface area contributed by atoms with Gasteiger partial charge in [-0.3, -0.25) is 4.79 Å². The summed E-state index contributed by atoms with van der Waals surface area (Å²) in [5.41, 5.74) is 6.36. The highest BCUT2D eigenvalue weighted by molar-refractivity contribution is 5.85. The molecule has 4 saturated carbocycles. The molecule has 4 aliphatic rings. The van der Waals surface area contributed by atoms with Crippen molar-refractivity contribution in [3.63, 3.8) is 0 Å². The summed E-state index contributed by atoms with van der Waals surface area (Å²) in [5.74, 6) is 3.68. The lowest BCUT2D eigenvalue weighted by molar-refractivity contribution is -0.129. The maximum Gasteiger partial charge on any atom is 0.223 e. The zero-order chi connectivity index (χ0) is 15.1. The molecule has 0 heterocycles. The van der Waals surface area contributed by atoms with E-state index in [1.54, 1.807) is 0 Å². The molecule has 0 spiro atoms. The lowest BCUT2D eigenvalue weighted by Gasteiger charge is -2.44. The van der Waals surface area contributed by atoms with Crippen molar-refractivity contribution < 1.29 is 4.79 Å². The molecule has 0 radical (unpaired) electrons. The van der Waals surface area contributed by atoms with Crippen LogP contribution in [0.5, 0.6) is 0 Å². The fourth-order valence-corrected chi connectivity index (χ4v) is 6.16. The molecule has 0 aromatic rings. The van der Waals surface area contributed by atoms with E-state index in [1.807, 2.05) is 0 Å². The number of hydrogen-bond acceptors (Lipinski definition) is 2. The van der Waals surface area contributed by atoms with Crippen molar-refractivity contribution in [3.05, 3.63) is 0 Å². The van der Waals surface area contributed by atoms with Crippen molar-refractivity contribution in [1.29, 1.82) is 0 Å². The predicted octanol–water partition coefficient (Wildman–Crippen LogP) is 3.65. The second-order valence-electron chi connectivity index (χ2n) is 8.67. The van der Waals surface area contributed by atoms with Gasteiger partial charge in [-0.2, -0.15) is 0 Å². The van der Waals surface area contributed by atoms with Crippen LogP contribution in [0.3, 0.4) is 0 Å². The first-order valence-electron chi connectivity index (χ1n) is 9.76. The van der Waals surface area contributed by atoms with Crippen LogP contribution in [0.15, 0.2) is 0 Å². The SMILES string of the molecule is Cl.NC1C2CCCC1CC(C(=O)NC1CCC3CCCC3C1)C2. The number of fused-ring (bicyclic) bond motifs is 3. The van der Waals surface area contributed by atoms with Crippen molar-refractivity contribution in [2.24, 2.45) is 35.3 Å². The van der Waals surface area contributed by atoms with E-state index in [0.717, 1.165) is 24.7 Å². The average molecular weight is 341 g/mol. The summed E-state index contributed by atoms with van der Waals surface area (Å²) in [6.45, 7) is 0. The molecule has 0 aliphatic heterocycles. The third kappa shape index (κ3) is 3.56. The van der Waals surface area contributed by atoms with Crippen LogP contribution < -0.4 is 11.1 Å². The Labute approximate surface area is 146 Å². The topological polar surface area (TPSA) is 55.1 Å². The molecule has 0 aromatic carbocycles. The molecular formula is C19H33ClN2O. The predicted molar refractivity (Wildman–Crippen MR) is 95.4 cm³/mol. The number of carbonyl (C=O) groups is 1. The molecule has 132 valence electrons. The van der Waals surface area contributed by atoms with Gasteiger partial charge in [0, 0.05) is 18.0 Å². The molecule has 2 bridgehead atoms. The summed E-state index contributed by atoms with van der Waals surface area (Å²) >= 11 is 0. The van der Waals surface area contributed by atoms with Gasteiger partial charge >= 0.3 is 0 Å². The molecule has 3 nitrogen and oxygen atoms in total. The zero-order valence-corrected chi connectivity index (χ0v) is 15.0. The minimum atomic E-state index is 0. The number of carbonyl (C=O) groups excluding carboxylic acids is 1.